The Labute approximate surface area is 180 Å². The molecule has 0 N–H and O–H groups in total. The van der Waals surface area contributed by atoms with Crippen molar-refractivity contribution in [2.45, 2.75) is 26.8 Å². The summed E-state index contributed by atoms with van der Waals surface area (Å²) in [5, 5.41) is 0.709. The molecular formula is C25H24N2O2S. The molecule has 1 heterocycles. The maximum Gasteiger partial charge on any atom is 0.260 e. The number of thiazole rings is 1. The van der Waals surface area contributed by atoms with Crippen molar-refractivity contribution in [3.8, 4) is 5.75 Å². The number of benzene rings is 3. The van der Waals surface area contributed by atoms with Gasteiger partial charge in [-0.2, -0.15) is 0 Å². The lowest BCUT2D eigenvalue weighted by molar-refractivity contribution is 0.0985. The lowest BCUT2D eigenvalue weighted by Gasteiger charge is -2.20. The molecule has 0 saturated carbocycles. The van der Waals surface area contributed by atoms with Gasteiger partial charge in [0.2, 0.25) is 0 Å². The van der Waals surface area contributed by atoms with Crippen LogP contribution in [-0.4, -0.2) is 17.5 Å². The summed E-state index contributed by atoms with van der Waals surface area (Å²) in [5.41, 5.74) is 3.86. The van der Waals surface area contributed by atoms with Crippen LogP contribution < -0.4 is 9.64 Å². The molecule has 5 heteroatoms. The van der Waals surface area contributed by atoms with Crippen LogP contribution >= 0.6 is 11.3 Å². The summed E-state index contributed by atoms with van der Waals surface area (Å²) in [5.74, 6) is 0.687. The summed E-state index contributed by atoms with van der Waals surface area (Å²) in [6.07, 6.45) is 0.974. The first-order chi connectivity index (χ1) is 14.7. The van der Waals surface area contributed by atoms with E-state index in [0.717, 1.165) is 28.0 Å². The summed E-state index contributed by atoms with van der Waals surface area (Å²) in [4.78, 5) is 20.0. The topological polar surface area (TPSA) is 42.4 Å². The summed E-state index contributed by atoms with van der Waals surface area (Å²) < 4.78 is 6.61. The number of aromatic nitrogens is 1. The highest BCUT2D eigenvalue weighted by Gasteiger charge is 2.22. The Bertz CT molecular complexity index is 1140. The van der Waals surface area contributed by atoms with Crippen molar-refractivity contribution in [1.29, 1.82) is 0 Å². The molecule has 0 aliphatic carbocycles. The van der Waals surface area contributed by atoms with Crippen molar-refractivity contribution in [2.24, 2.45) is 0 Å². The zero-order valence-corrected chi connectivity index (χ0v) is 18.0. The molecular weight excluding hydrogens is 392 g/mol. The number of carbonyl (C=O) groups excluding carboxylic acids is 1. The average Bonchev–Trinajstić information content (AvgIpc) is 3.21. The Kier molecular flexibility index (Phi) is 6.10. The number of hydrogen-bond donors (Lipinski definition) is 0. The second-order valence-corrected chi connectivity index (χ2v) is 8.00. The van der Waals surface area contributed by atoms with Crippen molar-refractivity contribution in [3.05, 3.63) is 89.5 Å². The molecule has 0 fully saturated rings. The summed E-state index contributed by atoms with van der Waals surface area (Å²) >= 11 is 1.56. The van der Waals surface area contributed by atoms with E-state index in [4.69, 9.17) is 9.72 Å². The van der Waals surface area contributed by atoms with Crippen LogP contribution in [0.5, 0.6) is 5.75 Å². The molecule has 0 unspecified atom stereocenters. The summed E-state index contributed by atoms with van der Waals surface area (Å²) in [7, 11) is 0. The van der Waals surface area contributed by atoms with Gasteiger partial charge in [0.05, 0.1) is 23.4 Å². The van der Waals surface area contributed by atoms with Gasteiger partial charge in [0.1, 0.15) is 5.75 Å². The molecule has 0 aliphatic rings. The van der Waals surface area contributed by atoms with Crippen LogP contribution in [0.4, 0.5) is 5.13 Å². The van der Waals surface area contributed by atoms with E-state index in [-0.39, 0.29) is 5.91 Å². The van der Waals surface area contributed by atoms with E-state index in [9.17, 15) is 4.79 Å². The SMILES string of the molecule is CCOc1ccc(C(=O)N(Cc2ccccc2)c2nc3ccc(CC)cc3s2)cc1. The highest BCUT2D eigenvalue weighted by molar-refractivity contribution is 7.22. The average molecular weight is 417 g/mol. The quantitative estimate of drug-likeness (QED) is 0.365. The van der Waals surface area contributed by atoms with Crippen molar-refractivity contribution in [2.75, 3.05) is 11.5 Å². The van der Waals surface area contributed by atoms with Crippen LogP contribution in [0, 0.1) is 0 Å². The summed E-state index contributed by atoms with van der Waals surface area (Å²) in [6.45, 7) is 5.14. The molecule has 0 aliphatic heterocycles. The zero-order chi connectivity index (χ0) is 20.9. The van der Waals surface area contributed by atoms with E-state index in [2.05, 4.69) is 19.1 Å². The number of rotatable bonds is 7. The number of amides is 1. The third kappa shape index (κ3) is 4.36. The molecule has 1 aromatic heterocycles. The number of anilines is 1. The Morgan fingerprint density at radius 2 is 1.73 bits per heavy atom. The first-order valence-electron chi connectivity index (χ1n) is 10.2. The maximum absolute atomic E-state index is 13.5. The van der Waals surface area contributed by atoms with Crippen molar-refractivity contribution in [3.63, 3.8) is 0 Å². The first kappa shape index (κ1) is 20.1. The lowest BCUT2D eigenvalue weighted by Crippen LogP contribution is -2.30. The number of ether oxygens (including phenoxy) is 1. The smallest absolute Gasteiger partial charge is 0.260 e. The van der Waals surface area contributed by atoms with Crippen LogP contribution in [0.25, 0.3) is 10.2 Å². The van der Waals surface area contributed by atoms with Crippen molar-refractivity contribution >= 4 is 32.6 Å². The van der Waals surface area contributed by atoms with Crippen molar-refractivity contribution in [1.82, 2.24) is 4.98 Å². The maximum atomic E-state index is 13.5. The third-order valence-corrected chi connectivity index (χ3v) is 5.96. The van der Waals surface area contributed by atoms with Crippen molar-refractivity contribution < 1.29 is 9.53 Å². The van der Waals surface area contributed by atoms with E-state index >= 15 is 0 Å². The number of hydrogen-bond acceptors (Lipinski definition) is 4. The standard InChI is InChI=1S/C25H24N2O2S/c1-3-18-10-15-22-23(16-18)30-25(26-22)27(17-19-8-6-5-7-9-19)24(28)20-11-13-21(14-12-20)29-4-2/h5-16H,3-4,17H2,1-2H3. The predicted molar refractivity (Wildman–Crippen MR) is 124 cm³/mol. The fourth-order valence-electron chi connectivity index (χ4n) is 3.30. The van der Waals surface area contributed by atoms with Gasteiger partial charge in [0.25, 0.3) is 5.91 Å². The largest absolute Gasteiger partial charge is 0.494 e. The molecule has 3 aromatic carbocycles. The van der Waals surface area contributed by atoms with Crippen LogP contribution in [0.3, 0.4) is 0 Å². The van der Waals surface area contributed by atoms with Crippen LogP contribution in [0.2, 0.25) is 0 Å². The third-order valence-electron chi connectivity index (χ3n) is 4.92. The predicted octanol–water partition coefficient (Wildman–Crippen LogP) is 6.10. The molecule has 4 nitrogen and oxygen atoms in total. The first-order valence-corrected chi connectivity index (χ1v) is 11.0. The van der Waals surface area contributed by atoms with Gasteiger partial charge in [0.15, 0.2) is 5.13 Å². The molecule has 0 saturated heterocycles. The number of aryl methyl sites for hydroxylation is 1. The molecule has 30 heavy (non-hydrogen) atoms. The number of nitrogens with zero attached hydrogens (tertiary/aromatic N) is 2. The molecule has 0 spiro atoms. The normalized spacial score (nSPS) is 10.9. The Morgan fingerprint density at radius 3 is 2.43 bits per heavy atom. The van der Waals surface area contributed by atoms with Crippen LogP contribution in [0.1, 0.15) is 35.3 Å². The van der Waals surface area contributed by atoms with Gasteiger partial charge < -0.3 is 4.74 Å². The molecule has 0 atom stereocenters. The summed E-state index contributed by atoms with van der Waals surface area (Å²) in [6, 6.07) is 23.6. The van der Waals surface area contributed by atoms with E-state index < -0.39 is 0 Å². The van der Waals surface area contributed by atoms with Gasteiger partial charge in [-0.3, -0.25) is 9.69 Å². The molecule has 4 rings (SSSR count). The van der Waals surface area contributed by atoms with E-state index in [1.165, 1.54) is 5.56 Å². The second kappa shape index (κ2) is 9.09. The minimum atomic E-state index is -0.0725. The Morgan fingerprint density at radius 1 is 0.967 bits per heavy atom. The van der Waals surface area contributed by atoms with Gasteiger partial charge in [-0.25, -0.2) is 4.98 Å². The Balaban J connectivity index is 1.71. The fraction of sp³-hybridized carbons (Fsp3) is 0.200. The minimum Gasteiger partial charge on any atom is -0.494 e. The van der Waals surface area contributed by atoms with Crippen LogP contribution in [0.15, 0.2) is 72.8 Å². The minimum absolute atomic E-state index is 0.0725. The van der Waals surface area contributed by atoms with Gasteiger partial charge >= 0.3 is 0 Å². The van der Waals surface area contributed by atoms with Gasteiger partial charge in [0, 0.05) is 5.56 Å². The van der Waals surface area contributed by atoms with E-state index in [1.54, 1.807) is 16.2 Å². The monoisotopic (exact) mass is 416 g/mol. The Hall–Kier alpha value is -3.18. The van der Waals surface area contributed by atoms with Gasteiger partial charge in [-0.05, 0) is 60.9 Å². The highest BCUT2D eigenvalue weighted by Crippen LogP contribution is 2.32. The second-order valence-electron chi connectivity index (χ2n) is 6.99. The number of fused-ring (bicyclic) bond motifs is 1. The zero-order valence-electron chi connectivity index (χ0n) is 17.2. The van der Waals surface area contributed by atoms with E-state index in [0.29, 0.717) is 23.8 Å². The molecule has 0 radical (unpaired) electrons. The molecule has 1 amide bonds. The van der Waals surface area contributed by atoms with Crippen LogP contribution in [-0.2, 0) is 13.0 Å². The molecule has 152 valence electrons. The van der Waals surface area contributed by atoms with Gasteiger partial charge in [-0.1, -0.05) is 54.7 Å². The number of carbonyl (C=O) groups is 1. The molecule has 0 bridgehead atoms. The van der Waals surface area contributed by atoms with E-state index in [1.807, 2.05) is 67.6 Å². The fourth-order valence-corrected chi connectivity index (χ4v) is 4.33. The molecule has 4 aromatic rings. The highest BCUT2D eigenvalue weighted by atomic mass is 32.1. The lowest BCUT2D eigenvalue weighted by atomic mass is 10.1. The van der Waals surface area contributed by atoms with Gasteiger partial charge in [-0.15, -0.1) is 0 Å².